The molecule has 5 N–H and O–H groups in total. The third-order valence-corrected chi connectivity index (χ3v) is 2.07. The van der Waals surface area contributed by atoms with E-state index < -0.39 is 16.0 Å². The number of hydrogen-bond donors (Lipinski definition) is 3. The molecule has 0 aromatic heterocycles. The topological polar surface area (TPSA) is 98.2 Å². The van der Waals surface area contributed by atoms with Crippen molar-refractivity contribution in [2.24, 2.45) is 10.9 Å². The molecule has 7 heteroatoms. The number of benzene rings is 1. The molecule has 0 unspecified atom stereocenters. The zero-order chi connectivity index (χ0) is 12.2. The number of halogens is 1. The predicted molar refractivity (Wildman–Crippen MR) is 59.1 cm³/mol. The van der Waals surface area contributed by atoms with Gasteiger partial charge >= 0.3 is 0 Å². The Morgan fingerprint density at radius 3 is 2.69 bits per heavy atom. The molecule has 0 radical (unpaired) electrons. The molecular formula is C9H10FN3O2S. The van der Waals surface area contributed by atoms with Gasteiger partial charge in [0.2, 0.25) is 0 Å². The second-order valence-electron chi connectivity index (χ2n) is 2.85. The molecule has 0 amide bonds. The smallest absolute Gasteiger partial charge is 0.296 e. The van der Waals surface area contributed by atoms with Gasteiger partial charge in [-0.25, -0.2) is 9.53 Å². The van der Waals surface area contributed by atoms with Crippen molar-refractivity contribution in [3.05, 3.63) is 29.6 Å². The molecule has 0 fully saturated rings. The maximum absolute atomic E-state index is 13.2. The van der Waals surface area contributed by atoms with E-state index >= 15 is 0 Å². The zero-order valence-electron chi connectivity index (χ0n) is 8.20. The van der Waals surface area contributed by atoms with Crippen LogP contribution < -0.4 is 15.6 Å². The van der Waals surface area contributed by atoms with Crippen molar-refractivity contribution in [3.63, 3.8) is 0 Å². The molecule has 0 aliphatic heterocycles. The molecule has 1 aromatic carbocycles. The first-order valence-electron chi connectivity index (χ1n) is 4.21. The second-order valence-corrected chi connectivity index (χ2v) is 4.14. The Morgan fingerprint density at radius 2 is 2.12 bits per heavy atom. The van der Waals surface area contributed by atoms with Crippen LogP contribution in [0.1, 0.15) is 5.56 Å². The van der Waals surface area contributed by atoms with E-state index in [1.54, 1.807) is 0 Å². The summed E-state index contributed by atoms with van der Waals surface area (Å²) in [5.41, 5.74) is 5.34. The summed E-state index contributed by atoms with van der Waals surface area (Å²) in [5, 5.41) is 4.77. The lowest BCUT2D eigenvalue weighted by Gasteiger charge is -2.04. The van der Waals surface area contributed by atoms with Gasteiger partial charge in [-0.05, 0) is 18.2 Å². The van der Waals surface area contributed by atoms with Crippen molar-refractivity contribution in [2.75, 3.05) is 11.3 Å². The van der Waals surface area contributed by atoms with E-state index in [1.807, 2.05) is 4.72 Å². The van der Waals surface area contributed by atoms with Crippen LogP contribution >= 0.6 is 0 Å². The molecule has 0 atom stereocenters. The summed E-state index contributed by atoms with van der Waals surface area (Å²) in [5.74, 6) is 4.38. The minimum atomic E-state index is -3.87. The highest BCUT2D eigenvalue weighted by Crippen LogP contribution is 2.14. The summed E-state index contributed by atoms with van der Waals surface area (Å²) < 4.78 is 36.6. The lowest BCUT2D eigenvalue weighted by atomic mass is 10.2. The van der Waals surface area contributed by atoms with E-state index in [2.05, 4.69) is 11.8 Å². The molecule has 0 saturated carbocycles. The SMILES string of the molecule is NCC#Cc1cc(NS(N)(=O)=O)ccc1F. The number of hydrogen-bond acceptors (Lipinski definition) is 3. The van der Waals surface area contributed by atoms with Crippen molar-refractivity contribution in [1.82, 2.24) is 0 Å². The molecule has 86 valence electrons. The molecule has 0 aliphatic carbocycles. The summed E-state index contributed by atoms with van der Waals surface area (Å²) in [6, 6.07) is 3.57. The molecule has 0 bridgehead atoms. The fraction of sp³-hybridized carbons (Fsp3) is 0.111. The van der Waals surface area contributed by atoms with Gasteiger partial charge in [0, 0.05) is 0 Å². The first-order chi connectivity index (χ1) is 7.42. The number of nitrogens with two attached hydrogens (primary N) is 2. The second kappa shape index (κ2) is 4.94. The van der Waals surface area contributed by atoms with E-state index in [0.29, 0.717) is 0 Å². The standard InChI is InChI=1S/C9H10FN3O2S/c10-9-4-3-8(13-16(12,14)15)6-7(9)2-1-5-11/h3-4,6,13H,5,11H2,(H2,12,14,15). The minimum Gasteiger partial charge on any atom is -0.320 e. The molecule has 0 spiro atoms. The first kappa shape index (κ1) is 12.4. The van der Waals surface area contributed by atoms with Crippen LogP contribution in [0.3, 0.4) is 0 Å². The molecule has 1 aromatic rings. The lowest BCUT2D eigenvalue weighted by molar-refractivity contribution is 0.602. The van der Waals surface area contributed by atoms with Crippen LogP contribution in [0.25, 0.3) is 0 Å². The van der Waals surface area contributed by atoms with Crippen molar-refractivity contribution in [2.45, 2.75) is 0 Å². The van der Waals surface area contributed by atoms with E-state index in [9.17, 15) is 12.8 Å². The molecular weight excluding hydrogens is 233 g/mol. The molecule has 0 aliphatic rings. The van der Waals surface area contributed by atoms with Crippen molar-refractivity contribution in [3.8, 4) is 11.8 Å². The van der Waals surface area contributed by atoms with Crippen LogP contribution in [0.15, 0.2) is 18.2 Å². The summed E-state index contributed by atoms with van der Waals surface area (Å²) in [7, 11) is -3.87. The van der Waals surface area contributed by atoms with Gasteiger partial charge in [-0.2, -0.15) is 8.42 Å². The minimum absolute atomic E-state index is 0.0547. The fourth-order valence-electron chi connectivity index (χ4n) is 0.995. The monoisotopic (exact) mass is 243 g/mol. The van der Waals surface area contributed by atoms with Gasteiger partial charge < -0.3 is 5.73 Å². The van der Waals surface area contributed by atoms with Crippen LogP contribution in [-0.2, 0) is 10.2 Å². The van der Waals surface area contributed by atoms with E-state index in [0.717, 1.165) is 6.07 Å². The van der Waals surface area contributed by atoms with Gasteiger partial charge in [-0.15, -0.1) is 0 Å². The third-order valence-electron chi connectivity index (χ3n) is 1.55. The molecule has 16 heavy (non-hydrogen) atoms. The van der Waals surface area contributed by atoms with Crippen LogP contribution in [-0.4, -0.2) is 15.0 Å². The van der Waals surface area contributed by atoms with E-state index in [-0.39, 0.29) is 17.8 Å². The van der Waals surface area contributed by atoms with Crippen LogP contribution in [0.4, 0.5) is 10.1 Å². The van der Waals surface area contributed by atoms with Crippen LogP contribution in [0.5, 0.6) is 0 Å². The highest BCUT2D eigenvalue weighted by molar-refractivity contribution is 7.90. The van der Waals surface area contributed by atoms with Gasteiger partial charge in [-0.3, -0.25) is 4.72 Å². The number of anilines is 1. The first-order valence-corrected chi connectivity index (χ1v) is 5.76. The summed E-state index contributed by atoms with van der Waals surface area (Å²) in [4.78, 5) is 0. The molecule has 0 heterocycles. The summed E-state index contributed by atoms with van der Waals surface area (Å²) in [6.45, 7) is 0.0896. The molecule has 1 rings (SSSR count). The highest BCUT2D eigenvalue weighted by Gasteiger charge is 2.05. The van der Waals surface area contributed by atoms with Crippen molar-refractivity contribution >= 4 is 15.9 Å². The molecule has 5 nitrogen and oxygen atoms in total. The Balaban J connectivity index is 3.07. The normalized spacial score (nSPS) is 10.4. The van der Waals surface area contributed by atoms with Gasteiger partial charge in [0.1, 0.15) is 5.82 Å². The Bertz CT molecular complexity index is 546. The fourth-order valence-corrected chi connectivity index (χ4v) is 1.45. The Hall–Kier alpha value is -1.62. The predicted octanol–water partition coefficient (Wildman–Crippen LogP) is -0.249. The lowest BCUT2D eigenvalue weighted by Crippen LogP contribution is -2.21. The zero-order valence-corrected chi connectivity index (χ0v) is 9.01. The maximum Gasteiger partial charge on any atom is 0.296 e. The van der Waals surface area contributed by atoms with Gasteiger partial charge in [0.25, 0.3) is 10.2 Å². The average Bonchev–Trinajstić information content (AvgIpc) is 2.17. The highest BCUT2D eigenvalue weighted by atomic mass is 32.2. The van der Waals surface area contributed by atoms with Crippen LogP contribution in [0, 0.1) is 17.7 Å². The average molecular weight is 243 g/mol. The summed E-state index contributed by atoms with van der Waals surface area (Å²) in [6.07, 6.45) is 0. The molecule has 0 saturated heterocycles. The van der Waals surface area contributed by atoms with E-state index in [4.69, 9.17) is 10.9 Å². The van der Waals surface area contributed by atoms with E-state index in [1.165, 1.54) is 12.1 Å². The van der Waals surface area contributed by atoms with Crippen molar-refractivity contribution in [1.29, 1.82) is 0 Å². The van der Waals surface area contributed by atoms with Crippen LogP contribution in [0.2, 0.25) is 0 Å². The third kappa shape index (κ3) is 3.86. The van der Waals surface area contributed by atoms with Gasteiger partial charge in [0.05, 0.1) is 17.8 Å². The quantitative estimate of drug-likeness (QED) is 0.625. The van der Waals surface area contributed by atoms with Gasteiger partial charge in [0.15, 0.2) is 0 Å². The number of nitrogens with one attached hydrogen (secondary N) is 1. The Kier molecular flexibility index (Phi) is 3.84. The Morgan fingerprint density at radius 1 is 1.44 bits per heavy atom. The van der Waals surface area contributed by atoms with Crippen molar-refractivity contribution < 1.29 is 12.8 Å². The largest absolute Gasteiger partial charge is 0.320 e. The van der Waals surface area contributed by atoms with Gasteiger partial charge in [-0.1, -0.05) is 11.8 Å². The Labute approximate surface area is 92.8 Å². The maximum atomic E-state index is 13.2. The summed E-state index contributed by atoms with van der Waals surface area (Å²) >= 11 is 0. The number of rotatable bonds is 2.